The lowest BCUT2D eigenvalue weighted by molar-refractivity contribution is 0.209. The molecule has 0 saturated heterocycles. The molecule has 0 aromatic heterocycles. The van der Waals surface area contributed by atoms with E-state index in [4.69, 9.17) is 11.6 Å². The molecule has 2 heterocycles. The van der Waals surface area contributed by atoms with Crippen molar-refractivity contribution in [3.05, 3.63) is 46.5 Å². The number of aliphatic imine (C=N–C) groups is 1. The number of nitrogens with one attached hydrogen (secondary N) is 2. The van der Waals surface area contributed by atoms with Crippen molar-refractivity contribution in [2.45, 2.75) is 44.1 Å². The molecule has 5 heteroatoms. The number of hydrogen-bond donors (Lipinski definition) is 2. The Hall–Kier alpha value is -2.33. The molecule has 1 fully saturated rings. The molecule has 3 aliphatic rings. The number of hydrogen-bond acceptors (Lipinski definition) is 2. The summed E-state index contributed by atoms with van der Waals surface area (Å²) < 4.78 is 0. The van der Waals surface area contributed by atoms with Crippen LogP contribution in [0.5, 0.6) is 0 Å². The van der Waals surface area contributed by atoms with E-state index >= 15 is 0 Å². The zero-order chi connectivity index (χ0) is 17.7. The number of carbonyl (C=O) groups is 1. The molecular formula is C21H20ClN3O. The smallest absolute Gasteiger partial charge is 0.319 e. The largest absolute Gasteiger partial charge is 0.328 e. The molecule has 2 amide bonds. The van der Waals surface area contributed by atoms with Crippen LogP contribution in [0.3, 0.4) is 0 Å². The SMILES string of the molecule is O=C1Nc2c(Cl)cc(-c3ccc4c(c3)N=CC4)cc2C2(CCCCC2)N1. The maximum absolute atomic E-state index is 12.2. The Kier molecular flexibility index (Phi) is 3.57. The van der Waals surface area contributed by atoms with Gasteiger partial charge in [-0.2, -0.15) is 0 Å². The minimum Gasteiger partial charge on any atom is -0.328 e. The van der Waals surface area contributed by atoms with E-state index in [0.29, 0.717) is 5.02 Å². The van der Waals surface area contributed by atoms with Crippen molar-refractivity contribution in [3.8, 4) is 11.1 Å². The van der Waals surface area contributed by atoms with Gasteiger partial charge in [-0.1, -0.05) is 43.0 Å². The van der Waals surface area contributed by atoms with E-state index < -0.39 is 0 Å². The quantitative estimate of drug-likeness (QED) is 0.682. The predicted molar refractivity (Wildman–Crippen MR) is 106 cm³/mol. The Bertz CT molecular complexity index is 945. The number of anilines is 1. The number of nitrogens with zero attached hydrogens (tertiary/aromatic N) is 1. The first kappa shape index (κ1) is 15.9. The lowest BCUT2D eigenvalue weighted by Crippen LogP contribution is -2.52. The third-order valence-electron chi connectivity index (χ3n) is 5.86. The van der Waals surface area contributed by atoms with Gasteiger partial charge >= 0.3 is 6.03 Å². The van der Waals surface area contributed by atoms with Crippen molar-refractivity contribution in [2.75, 3.05) is 5.32 Å². The zero-order valence-electron chi connectivity index (χ0n) is 14.4. The van der Waals surface area contributed by atoms with Crippen molar-refractivity contribution in [2.24, 2.45) is 4.99 Å². The number of amides is 2. The highest BCUT2D eigenvalue weighted by atomic mass is 35.5. The fourth-order valence-electron chi connectivity index (χ4n) is 4.54. The fourth-order valence-corrected chi connectivity index (χ4v) is 4.80. The van der Waals surface area contributed by atoms with E-state index in [9.17, 15) is 4.79 Å². The summed E-state index contributed by atoms with van der Waals surface area (Å²) in [6.45, 7) is 0. The van der Waals surface area contributed by atoms with E-state index in [1.807, 2.05) is 12.3 Å². The highest BCUT2D eigenvalue weighted by Gasteiger charge is 2.41. The van der Waals surface area contributed by atoms with Crippen LogP contribution in [0.4, 0.5) is 16.2 Å². The van der Waals surface area contributed by atoms with Gasteiger partial charge < -0.3 is 10.6 Å². The Morgan fingerprint density at radius 2 is 1.88 bits per heavy atom. The molecule has 0 radical (unpaired) electrons. The molecule has 2 N–H and O–H groups in total. The Morgan fingerprint density at radius 1 is 1.04 bits per heavy atom. The summed E-state index contributed by atoms with van der Waals surface area (Å²) in [5.74, 6) is 0. The summed E-state index contributed by atoms with van der Waals surface area (Å²) in [7, 11) is 0. The summed E-state index contributed by atoms with van der Waals surface area (Å²) >= 11 is 6.61. The lowest BCUT2D eigenvalue weighted by Gasteiger charge is -2.43. The van der Waals surface area contributed by atoms with Gasteiger partial charge in [0.1, 0.15) is 0 Å². The molecule has 0 atom stereocenters. The van der Waals surface area contributed by atoms with Gasteiger partial charge in [0.2, 0.25) is 0 Å². The van der Waals surface area contributed by atoms with Crippen LogP contribution < -0.4 is 10.6 Å². The van der Waals surface area contributed by atoms with Crippen molar-refractivity contribution in [1.29, 1.82) is 0 Å². The van der Waals surface area contributed by atoms with Gasteiger partial charge in [0.15, 0.2) is 0 Å². The Balaban J connectivity index is 1.66. The number of benzene rings is 2. The molecule has 2 aromatic rings. The predicted octanol–water partition coefficient (Wildman–Crippen LogP) is 5.56. The van der Waals surface area contributed by atoms with Crippen LogP contribution in [-0.2, 0) is 12.0 Å². The molecule has 132 valence electrons. The second-order valence-electron chi connectivity index (χ2n) is 7.46. The molecule has 2 aliphatic heterocycles. The van der Waals surface area contributed by atoms with Crippen LogP contribution in [0.15, 0.2) is 35.3 Å². The summed E-state index contributed by atoms with van der Waals surface area (Å²) in [6.07, 6.45) is 8.23. The van der Waals surface area contributed by atoms with Gasteiger partial charge in [-0.15, -0.1) is 0 Å². The number of fused-ring (bicyclic) bond motifs is 3. The highest BCUT2D eigenvalue weighted by molar-refractivity contribution is 6.34. The molecule has 26 heavy (non-hydrogen) atoms. The van der Waals surface area contributed by atoms with Gasteiger partial charge in [0.05, 0.1) is 21.9 Å². The summed E-state index contributed by atoms with van der Waals surface area (Å²) in [6, 6.07) is 10.4. The molecule has 1 aliphatic carbocycles. The first-order chi connectivity index (χ1) is 12.6. The lowest BCUT2D eigenvalue weighted by atomic mass is 9.74. The van der Waals surface area contributed by atoms with E-state index in [2.05, 4.69) is 39.9 Å². The average molecular weight is 366 g/mol. The molecule has 0 bridgehead atoms. The van der Waals surface area contributed by atoms with Crippen molar-refractivity contribution < 1.29 is 4.79 Å². The van der Waals surface area contributed by atoms with Crippen LogP contribution >= 0.6 is 11.6 Å². The van der Waals surface area contributed by atoms with Gasteiger partial charge in [-0.05, 0) is 47.7 Å². The van der Waals surface area contributed by atoms with Gasteiger partial charge in [0.25, 0.3) is 0 Å². The number of carbonyl (C=O) groups excluding carboxylic acids is 1. The minimum atomic E-state index is -0.301. The molecule has 5 rings (SSSR count). The van der Waals surface area contributed by atoms with Crippen LogP contribution in [-0.4, -0.2) is 12.2 Å². The number of urea groups is 1. The molecule has 4 nitrogen and oxygen atoms in total. The first-order valence-electron chi connectivity index (χ1n) is 9.24. The molecule has 0 unspecified atom stereocenters. The molecule has 1 saturated carbocycles. The van der Waals surface area contributed by atoms with E-state index in [1.54, 1.807) is 0 Å². The van der Waals surface area contributed by atoms with Crippen LogP contribution in [0, 0.1) is 0 Å². The summed E-state index contributed by atoms with van der Waals surface area (Å²) in [4.78, 5) is 16.7. The molecule has 1 spiro atoms. The molecule has 2 aromatic carbocycles. The topological polar surface area (TPSA) is 53.5 Å². The summed E-state index contributed by atoms with van der Waals surface area (Å²) in [5, 5.41) is 6.72. The maximum Gasteiger partial charge on any atom is 0.319 e. The second-order valence-corrected chi connectivity index (χ2v) is 7.87. The van der Waals surface area contributed by atoms with Gasteiger partial charge in [-0.3, -0.25) is 4.99 Å². The number of halogens is 1. The van der Waals surface area contributed by atoms with Gasteiger partial charge in [-0.25, -0.2) is 4.79 Å². The average Bonchev–Trinajstić information content (AvgIpc) is 3.11. The van der Waals surface area contributed by atoms with Crippen molar-refractivity contribution in [3.63, 3.8) is 0 Å². The van der Waals surface area contributed by atoms with Crippen LogP contribution in [0.2, 0.25) is 5.02 Å². The third-order valence-corrected chi connectivity index (χ3v) is 6.16. The summed E-state index contributed by atoms with van der Waals surface area (Å²) in [5.41, 5.74) is 6.05. The highest BCUT2D eigenvalue weighted by Crippen LogP contribution is 2.47. The third kappa shape index (κ3) is 2.43. The first-order valence-corrected chi connectivity index (χ1v) is 9.61. The Labute approximate surface area is 157 Å². The van der Waals surface area contributed by atoms with E-state index in [0.717, 1.165) is 60.2 Å². The standard InChI is InChI=1S/C21H20ClN3O/c22-17-11-15(14-5-4-13-6-9-23-18(13)12-14)10-16-19(17)24-20(26)25-21(16)7-2-1-3-8-21/h4-5,9-12H,1-3,6-8H2,(H2,24,25,26). The second kappa shape index (κ2) is 5.85. The van der Waals surface area contributed by atoms with Crippen molar-refractivity contribution in [1.82, 2.24) is 5.32 Å². The van der Waals surface area contributed by atoms with E-state index in [-0.39, 0.29) is 11.6 Å². The van der Waals surface area contributed by atoms with Crippen molar-refractivity contribution >= 4 is 35.2 Å². The normalized spacial score (nSPS) is 19.7. The Morgan fingerprint density at radius 3 is 2.73 bits per heavy atom. The number of rotatable bonds is 1. The minimum absolute atomic E-state index is 0.152. The van der Waals surface area contributed by atoms with Gasteiger partial charge in [0, 0.05) is 18.2 Å². The van der Waals surface area contributed by atoms with Crippen LogP contribution in [0.25, 0.3) is 11.1 Å². The maximum atomic E-state index is 12.2. The fraction of sp³-hybridized carbons (Fsp3) is 0.333. The monoisotopic (exact) mass is 365 g/mol. The zero-order valence-corrected chi connectivity index (χ0v) is 15.2. The van der Waals surface area contributed by atoms with E-state index in [1.165, 1.54) is 12.0 Å². The van der Waals surface area contributed by atoms with Crippen LogP contribution in [0.1, 0.15) is 43.2 Å². The molecular weight excluding hydrogens is 346 g/mol.